The summed E-state index contributed by atoms with van der Waals surface area (Å²) in [5.41, 5.74) is 1.41. The fraction of sp³-hybridized carbons (Fsp3) is 0.323. The van der Waals surface area contributed by atoms with E-state index in [1.54, 1.807) is 62.4 Å². The van der Waals surface area contributed by atoms with Crippen LogP contribution < -0.4 is 5.32 Å². The first-order valence-electron chi connectivity index (χ1n) is 14.1. The van der Waals surface area contributed by atoms with E-state index in [9.17, 15) is 27.2 Å². The highest BCUT2D eigenvalue weighted by molar-refractivity contribution is 7.89. The number of sulfonamides is 1. The van der Waals surface area contributed by atoms with E-state index in [-0.39, 0.29) is 36.4 Å². The maximum Gasteiger partial charge on any atom is 0.408 e. The zero-order chi connectivity index (χ0) is 31.6. The first-order valence-corrected chi connectivity index (χ1v) is 15.9. The van der Waals surface area contributed by atoms with Gasteiger partial charge in [-0.2, -0.15) is 4.31 Å². The van der Waals surface area contributed by atoms with Gasteiger partial charge in [0.25, 0.3) is 0 Å². The summed E-state index contributed by atoms with van der Waals surface area (Å²) in [6, 6.07) is 17.4. The highest BCUT2D eigenvalue weighted by Crippen LogP contribution is 2.33. The van der Waals surface area contributed by atoms with E-state index in [0.29, 0.717) is 16.1 Å². The number of piperazine rings is 1. The van der Waals surface area contributed by atoms with Crippen LogP contribution in [0.2, 0.25) is 5.02 Å². The molecule has 10 nitrogen and oxygen atoms in total. The number of nitrogens with zero attached hydrogens (tertiary/aromatic N) is 3. The number of hydrogen-bond donors (Lipinski definition) is 1. The topological polar surface area (TPSA) is 116 Å². The Kier molecular flexibility index (Phi) is 9.23. The zero-order valence-corrected chi connectivity index (χ0v) is 25.7. The lowest BCUT2D eigenvalue weighted by molar-refractivity contribution is -0.168. The van der Waals surface area contributed by atoms with Crippen LogP contribution in [0.5, 0.6) is 0 Å². The third kappa shape index (κ3) is 6.57. The minimum atomic E-state index is -4.42. The summed E-state index contributed by atoms with van der Waals surface area (Å²) < 4.78 is 48.7. The molecule has 0 bridgehead atoms. The highest BCUT2D eigenvalue weighted by Gasteiger charge is 2.54. The van der Waals surface area contributed by atoms with E-state index in [4.69, 9.17) is 16.3 Å². The van der Waals surface area contributed by atoms with Crippen molar-refractivity contribution in [2.45, 2.75) is 56.1 Å². The molecule has 2 aliphatic heterocycles. The molecule has 5 rings (SSSR count). The van der Waals surface area contributed by atoms with E-state index < -0.39 is 52.6 Å². The van der Waals surface area contributed by atoms with Gasteiger partial charge in [-0.3, -0.25) is 9.59 Å². The maximum absolute atomic E-state index is 14.2. The van der Waals surface area contributed by atoms with Crippen molar-refractivity contribution >= 4 is 39.5 Å². The minimum Gasteiger partial charge on any atom is -0.445 e. The zero-order valence-electron chi connectivity index (χ0n) is 24.1. The molecule has 2 heterocycles. The molecule has 0 aromatic heterocycles. The van der Waals surface area contributed by atoms with Gasteiger partial charge in [-0.25, -0.2) is 17.6 Å². The second kappa shape index (κ2) is 12.9. The van der Waals surface area contributed by atoms with Crippen LogP contribution in [-0.2, 0) is 37.4 Å². The average molecular weight is 643 g/mol. The Hall–Kier alpha value is -4.00. The van der Waals surface area contributed by atoms with Gasteiger partial charge in [0.05, 0.1) is 11.4 Å². The predicted octanol–water partition coefficient (Wildman–Crippen LogP) is 3.80. The van der Waals surface area contributed by atoms with Crippen molar-refractivity contribution in [1.29, 1.82) is 0 Å². The number of fused-ring (bicyclic) bond motifs is 1. The molecule has 3 amide bonds. The van der Waals surface area contributed by atoms with Crippen molar-refractivity contribution in [3.63, 3.8) is 0 Å². The molecule has 3 aromatic rings. The van der Waals surface area contributed by atoms with E-state index in [2.05, 4.69) is 5.32 Å². The molecular weight excluding hydrogens is 611 g/mol. The SMILES string of the molecule is CC(C)N1CC2N(C(=O)C(NC(=O)OCc3ccccc3)CN2S(=O)(=O)c2cccc(F)c2)C(Cc2ccc(Cl)cc2)C1=O. The van der Waals surface area contributed by atoms with E-state index >= 15 is 0 Å². The smallest absolute Gasteiger partial charge is 0.408 e. The molecule has 3 aromatic carbocycles. The Morgan fingerprint density at radius 3 is 2.34 bits per heavy atom. The summed E-state index contributed by atoms with van der Waals surface area (Å²) in [6.45, 7) is 2.96. The molecule has 2 fully saturated rings. The van der Waals surface area contributed by atoms with Gasteiger partial charge >= 0.3 is 6.09 Å². The first kappa shape index (κ1) is 31.4. The first-order chi connectivity index (χ1) is 21.0. The molecule has 1 N–H and O–H groups in total. The molecule has 0 saturated carbocycles. The van der Waals surface area contributed by atoms with Crippen LogP contribution in [0, 0.1) is 5.82 Å². The summed E-state index contributed by atoms with van der Waals surface area (Å²) in [5.74, 6) is -1.75. The number of ether oxygens (including phenoxy) is 1. The fourth-order valence-corrected chi connectivity index (χ4v) is 7.23. The van der Waals surface area contributed by atoms with E-state index in [0.717, 1.165) is 16.4 Å². The number of carbonyl (C=O) groups is 3. The van der Waals surface area contributed by atoms with E-state index in [1.165, 1.54) is 21.9 Å². The Morgan fingerprint density at radius 1 is 0.977 bits per heavy atom. The standard InChI is InChI=1S/C31H32ClFN4O6S/c1-20(2)35-18-28-36(44(41,42)25-10-6-9-24(33)16-25)17-26(34-31(40)43-19-22-7-4-3-5-8-22)29(38)37(28)27(30(35)39)15-21-11-13-23(32)14-12-21/h3-14,16,20,26-28H,15,17-19H2,1-2H3,(H,34,40). The van der Waals surface area contributed by atoms with Crippen LogP contribution in [-0.4, -0.2) is 77.8 Å². The number of carbonyl (C=O) groups excluding carboxylic acids is 3. The van der Waals surface area contributed by atoms with Gasteiger partial charge in [0.2, 0.25) is 21.8 Å². The summed E-state index contributed by atoms with van der Waals surface area (Å²) >= 11 is 6.06. The average Bonchev–Trinajstić information content (AvgIpc) is 3.00. The number of hydrogen-bond acceptors (Lipinski definition) is 6. The Bertz CT molecular complexity index is 1640. The summed E-state index contributed by atoms with van der Waals surface area (Å²) in [4.78, 5) is 43.3. The number of nitrogens with one attached hydrogen (secondary N) is 1. The lowest BCUT2D eigenvalue weighted by atomic mass is 9.96. The van der Waals surface area contributed by atoms with Gasteiger partial charge in [0.1, 0.15) is 30.7 Å². The van der Waals surface area contributed by atoms with Crippen molar-refractivity contribution in [2.75, 3.05) is 13.1 Å². The predicted molar refractivity (Wildman–Crippen MR) is 160 cm³/mol. The largest absolute Gasteiger partial charge is 0.445 e. The van der Waals surface area contributed by atoms with Crippen LogP contribution in [0.25, 0.3) is 0 Å². The molecule has 2 saturated heterocycles. The van der Waals surface area contributed by atoms with Crippen LogP contribution in [0.15, 0.2) is 83.8 Å². The van der Waals surface area contributed by atoms with Crippen molar-refractivity contribution in [3.05, 3.63) is 101 Å². The molecule has 232 valence electrons. The van der Waals surface area contributed by atoms with Gasteiger partial charge < -0.3 is 19.9 Å². The van der Waals surface area contributed by atoms with Gasteiger partial charge in [0, 0.05) is 24.0 Å². The molecule has 0 radical (unpaired) electrons. The third-order valence-corrected chi connectivity index (χ3v) is 9.82. The van der Waals surface area contributed by atoms with Crippen LogP contribution in [0.4, 0.5) is 9.18 Å². The Balaban J connectivity index is 1.52. The van der Waals surface area contributed by atoms with Crippen LogP contribution >= 0.6 is 11.6 Å². The van der Waals surface area contributed by atoms with Gasteiger partial charge in [0.15, 0.2) is 0 Å². The second-order valence-corrected chi connectivity index (χ2v) is 13.3. The summed E-state index contributed by atoms with van der Waals surface area (Å²) in [5, 5.41) is 2.99. The Labute approximate surface area is 260 Å². The van der Waals surface area contributed by atoms with Gasteiger partial charge in [-0.15, -0.1) is 0 Å². The van der Waals surface area contributed by atoms with E-state index in [1.807, 2.05) is 6.07 Å². The lowest BCUT2D eigenvalue weighted by Crippen LogP contribution is -2.76. The molecule has 0 aliphatic carbocycles. The normalized spacial score (nSPS) is 20.9. The maximum atomic E-state index is 14.2. The minimum absolute atomic E-state index is 0.0699. The van der Waals surface area contributed by atoms with Crippen molar-refractivity contribution in [1.82, 2.24) is 19.4 Å². The van der Waals surface area contributed by atoms with Gasteiger partial charge in [-0.1, -0.05) is 60.1 Å². The van der Waals surface area contributed by atoms with Crippen LogP contribution in [0.3, 0.4) is 0 Å². The molecule has 3 unspecified atom stereocenters. The molecule has 2 aliphatic rings. The monoisotopic (exact) mass is 642 g/mol. The Morgan fingerprint density at radius 2 is 1.68 bits per heavy atom. The number of amides is 3. The fourth-order valence-electron chi connectivity index (χ4n) is 5.49. The molecule has 0 spiro atoms. The summed E-state index contributed by atoms with van der Waals surface area (Å²) in [7, 11) is -4.42. The highest BCUT2D eigenvalue weighted by atomic mass is 35.5. The second-order valence-electron chi connectivity index (χ2n) is 10.9. The number of rotatable bonds is 8. The van der Waals surface area contributed by atoms with Crippen molar-refractivity contribution in [2.24, 2.45) is 0 Å². The van der Waals surface area contributed by atoms with Crippen molar-refractivity contribution in [3.8, 4) is 0 Å². The summed E-state index contributed by atoms with van der Waals surface area (Å²) in [6.07, 6.45) is -1.98. The molecule has 3 atom stereocenters. The number of halogens is 2. The molecule has 44 heavy (non-hydrogen) atoms. The van der Waals surface area contributed by atoms with Crippen molar-refractivity contribution < 1.29 is 31.9 Å². The molecular formula is C31H32ClFN4O6S. The number of benzene rings is 3. The van der Waals surface area contributed by atoms with Crippen LogP contribution in [0.1, 0.15) is 25.0 Å². The van der Waals surface area contributed by atoms with Gasteiger partial charge in [-0.05, 0) is 55.3 Å². The quantitative estimate of drug-likeness (QED) is 0.400. The third-order valence-electron chi connectivity index (χ3n) is 7.71. The number of alkyl carbamates (subject to hydrolysis) is 1. The lowest BCUT2D eigenvalue weighted by Gasteiger charge is -2.54. The molecule has 13 heteroatoms.